The first-order valence-electron chi connectivity index (χ1n) is 7.39. The molecule has 3 atom stereocenters. The summed E-state index contributed by atoms with van der Waals surface area (Å²) in [6.45, 7) is 1.39. The predicted octanol–water partition coefficient (Wildman–Crippen LogP) is 1.54. The number of halogens is 1. The summed E-state index contributed by atoms with van der Waals surface area (Å²) in [6.07, 6.45) is 2.96. The number of amides is 1. The molecule has 114 valence electrons. The number of carbonyl (C=O) groups is 1. The van der Waals surface area contributed by atoms with Crippen LogP contribution in [-0.4, -0.2) is 31.2 Å². The minimum absolute atomic E-state index is 0.00699. The van der Waals surface area contributed by atoms with Crippen LogP contribution in [-0.2, 0) is 9.53 Å². The van der Waals surface area contributed by atoms with Crippen molar-refractivity contribution in [2.75, 3.05) is 13.2 Å². The van der Waals surface area contributed by atoms with Crippen LogP contribution < -0.4 is 16.2 Å². The average molecular weight is 310 g/mol. The van der Waals surface area contributed by atoms with Crippen LogP contribution in [0.25, 0.3) is 0 Å². The van der Waals surface area contributed by atoms with Gasteiger partial charge in [-0.05, 0) is 30.9 Å². The SMILES string of the molecule is O=C(NCC1CCCO1)C1CC(c2ccccc2Cl)NN1. The van der Waals surface area contributed by atoms with E-state index in [1.54, 1.807) is 0 Å². The van der Waals surface area contributed by atoms with E-state index in [0.717, 1.165) is 30.0 Å². The van der Waals surface area contributed by atoms with Gasteiger partial charge in [-0.25, -0.2) is 10.9 Å². The van der Waals surface area contributed by atoms with Gasteiger partial charge in [0, 0.05) is 24.2 Å². The maximum Gasteiger partial charge on any atom is 0.238 e. The first-order chi connectivity index (χ1) is 10.2. The first-order valence-corrected chi connectivity index (χ1v) is 7.76. The molecule has 21 heavy (non-hydrogen) atoms. The molecule has 2 aliphatic heterocycles. The van der Waals surface area contributed by atoms with E-state index < -0.39 is 0 Å². The van der Waals surface area contributed by atoms with Gasteiger partial charge in [0.25, 0.3) is 0 Å². The zero-order valence-corrected chi connectivity index (χ0v) is 12.5. The molecule has 0 spiro atoms. The number of ether oxygens (including phenoxy) is 1. The Morgan fingerprint density at radius 3 is 3.00 bits per heavy atom. The number of hydrazine groups is 1. The van der Waals surface area contributed by atoms with Gasteiger partial charge >= 0.3 is 0 Å². The Morgan fingerprint density at radius 1 is 1.38 bits per heavy atom. The zero-order valence-electron chi connectivity index (χ0n) is 11.8. The van der Waals surface area contributed by atoms with Crippen molar-refractivity contribution in [2.24, 2.45) is 0 Å². The normalized spacial score (nSPS) is 28.7. The van der Waals surface area contributed by atoms with E-state index in [9.17, 15) is 4.79 Å². The minimum atomic E-state index is -0.243. The van der Waals surface area contributed by atoms with E-state index in [4.69, 9.17) is 16.3 Å². The largest absolute Gasteiger partial charge is 0.376 e. The lowest BCUT2D eigenvalue weighted by atomic mass is 10.0. The second-order valence-electron chi connectivity index (χ2n) is 5.53. The van der Waals surface area contributed by atoms with Crippen molar-refractivity contribution in [3.8, 4) is 0 Å². The van der Waals surface area contributed by atoms with Gasteiger partial charge < -0.3 is 10.1 Å². The Kier molecular flexibility index (Phi) is 4.75. The van der Waals surface area contributed by atoms with E-state index in [0.29, 0.717) is 13.0 Å². The highest BCUT2D eigenvalue weighted by molar-refractivity contribution is 6.31. The van der Waals surface area contributed by atoms with Gasteiger partial charge in [-0.3, -0.25) is 4.79 Å². The van der Waals surface area contributed by atoms with Gasteiger partial charge in [0.15, 0.2) is 0 Å². The smallest absolute Gasteiger partial charge is 0.238 e. The Balaban J connectivity index is 1.51. The fourth-order valence-electron chi connectivity index (χ4n) is 2.83. The van der Waals surface area contributed by atoms with Crippen LogP contribution in [0.5, 0.6) is 0 Å². The van der Waals surface area contributed by atoms with Crippen molar-refractivity contribution in [3.05, 3.63) is 34.9 Å². The molecule has 2 heterocycles. The lowest BCUT2D eigenvalue weighted by Gasteiger charge is -2.14. The molecule has 0 radical (unpaired) electrons. The second-order valence-corrected chi connectivity index (χ2v) is 5.94. The quantitative estimate of drug-likeness (QED) is 0.789. The van der Waals surface area contributed by atoms with Crippen LogP contribution in [0.2, 0.25) is 5.02 Å². The summed E-state index contributed by atoms with van der Waals surface area (Å²) in [4.78, 5) is 12.2. The van der Waals surface area contributed by atoms with Crippen molar-refractivity contribution in [3.63, 3.8) is 0 Å². The molecule has 3 rings (SSSR count). The van der Waals surface area contributed by atoms with E-state index in [1.165, 1.54) is 0 Å². The molecule has 3 unspecified atom stereocenters. The molecule has 2 saturated heterocycles. The predicted molar refractivity (Wildman–Crippen MR) is 80.9 cm³/mol. The molecule has 1 aromatic rings. The maximum atomic E-state index is 12.2. The number of rotatable bonds is 4. The standard InChI is InChI=1S/C15H20ClN3O2/c16-12-6-2-1-5-11(12)13-8-14(19-18-13)15(20)17-9-10-4-3-7-21-10/h1-2,5-6,10,13-14,18-19H,3-4,7-9H2,(H,17,20). The summed E-state index contributed by atoms with van der Waals surface area (Å²) in [5.41, 5.74) is 7.21. The summed E-state index contributed by atoms with van der Waals surface area (Å²) in [5, 5.41) is 3.67. The number of hydrogen-bond donors (Lipinski definition) is 3. The Bertz CT molecular complexity index is 505. The molecule has 0 aliphatic carbocycles. The fourth-order valence-corrected chi connectivity index (χ4v) is 3.10. The molecular formula is C15H20ClN3O2. The lowest BCUT2D eigenvalue weighted by Crippen LogP contribution is -2.45. The minimum Gasteiger partial charge on any atom is -0.376 e. The highest BCUT2D eigenvalue weighted by atomic mass is 35.5. The van der Waals surface area contributed by atoms with Crippen molar-refractivity contribution < 1.29 is 9.53 Å². The van der Waals surface area contributed by atoms with Gasteiger partial charge in [0.05, 0.1) is 6.10 Å². The number of benzene rings is 1. The Hall–Kier alpha value is -1.14. The summed E-state index contributed by atoms with van der Waals surface area (Å²) < 4.78 is 5.50. The third-order valence-corrected chi connectivity index (χ3v) is 4.37. The van der Waals surface area contributed by atoms with Crippen molar-refractivity contribution in [2.45, 2.75) is 37.5 Å². The average Bonchev–Trinajstić information content (AvgIpc) is 3.17. The molecule has 3 N–H and O–H groups in total. The zero-order chi connectivity index (χ0) is 14.7. The van der Waals surface area contributed by atoms with E-state index in [-0.39, 0.29) is 24.1 Å². The second kappa shape index (κ2) is 6.75. The van der Waals surface area contributed by atoms with Gasteiger partial charge in [0.2, 0.25) is 5.91 Å². The van der Waals surface area contributed by atoms with Crippen molar-refractivity contribution in [1.29, 1.82) is 0 Å². The molecule has 2 aliphatic rings. The summed E-state index contributed by atoms with van der Waals surface area (Å²) in [5.74, 6) is 0.00699. The molecule has 2 fully saturated rings. The Labute approximate surface area is 129 Å². The van der Waals surface area contributed by atoms with Crippen LogP contribution >= 0.6 is 11.6 Å². The number of hydrogen-bond acceptors (Lipinski definition) is 4. The molecule has 6 heteroatoms. The molecular weight excluding hydrogens is 290 g/mol. The molecule has 1 amide bonds. The van der Waals surface area contributed by atoms with Crippen LogP contribution in [0.1, 0.15) is 30.9 Å². The molecule has 0 bridgehead atoms. The van der Waals surface area contributed by atoms with Crippen molar-refractivity contribution >= 4 is 17.5 Å². The van der Waals surface area contributed by atoms with E-state index >= 15 is 0 Å². The molecule has 5 nitrogen and oxygen atoms in total. The van der Waals surface area contributed by atoms with Crippen LogP contribution in [0.15, 0.2) is 24.3 Å². The van der Waals surface area contributed by atoms with Crippen LogP contribution in [0.3, 0.4) is 0 Å². The molecule has 1 aromatic carbocycles. The number of carbonyl (C=O) groups excluding carboxylic acids is 1. The Morgan fingerprint density at radius 2 is 2.24 bits per heavy atom. The lowest BCUT2D eigenvalue weighted by molar-refractivity contribution is -0.123. The third kappa shape index (κ3) is 3.55. The third-order valence-electron chi connectivity index (χ3n) is 4.03. The monoisotopic (exact) mass is 309 g/mol. The van der Waals surface area contributed by atoms with E-state index in [2.05, 4.69) is 16.2 Å². The summed E-state index contributed by atoms with van der Waals surface area (Å²) >= 11 is 6.19. The van der Waals surface area contributed by atoms with E-state index in [1.807, 2.05) is 24.3 Å². The fraction of sp³-hybridized carbons (Fsp3) is 0.533. The van der Waals surface area contributed by atoms with Gasteiger partial charge in [0.1, 0.15) is 6.04 Å². The summed E-state index contributed by atoms with van der Waals surface area (Å²) in [6, 6.07) is 7.51. The maximum absolute atomic E-state index is 12.2. The number of nitrogens with one attached hydrogen (secondary N) is 3. The highest BCUT2D eigenvalue weighted by Crippen LogP contribution is 2.28. The van der Waals surface area contributed by atoms with Crippen molar-refractivity contribution in [1.82, 2.24) is 16.2 Å². The molecule has 0 aromatic heterocycles. The van der Waals surface area contributed by atoms with Crippen LogP contribution in [0.4, 0.5) is 0 Å². The highest BCUT2D eigenvalue weighted by Gasteiger charge is 2.31. The summed E-state index contributed by atoms with van der Waals surface area (Å²) in [7, 11) is 0. The van der Waals surface area contributed by atoms with Gasteiger partial charge in [-0.2, -0.15) is 0 Å². The topological polar surface area (TPSA) is 62.4 Å². The van der Waals surface area contributed by atoms with Crippen LogP contribution in [0, 0.1) is 0 Å². The molecule has 0 saturated carbocycles. The van der Waals surface area contributed by atoms with Gasteiger partial charge in [-0.1, -0.05) is 29.8 Å². The first kappa shape index (κ1) is 14.8. The van der Waals surface area contributed by atoms with Gasteiger partial charge in [-0.15, -0.1) is 0 Å².